The molecule has 0 aliphatic heterocycles. The molecule has 106 valence electrons. The molecule has 0 aromatic heterocycles. The molecule has 1 aliphatic rings. The molecule has 1 fully saturated rings. The zero-order chi connectivity index (χ0) is 13.7. The van der Waals surface area contributed by atoms with E-state index in [2.05, 4.69) is 5.32 Å². The molecule has 19 heavy (non-hydrogen) atoms. The Bertz CT molecular complexity index is 508. The summed E-state index contributed by atoms with van der Waals surface area (Å²) in [5.74, 6) is 0.871. The Hall–Kier alpha value is -1.07. The lowest BCUT2D eigenvalue weighted by atomic mass is 10.0. The zero-order valence-corrected chi connectivity index (χ0v) is 12.0. The molecule has 4 nitrogen and oxygen atoms in total. The minimum atomic E-state index is -3.65. The normalized spacial score (nSPS) is 16.7. The maximum atomic E-state index is 11.4. The van der Waals surface area contributed by atoms with Gasteiger partial charge < -0.3 is 5.32 Å². The molecular formula is C14H22N2O2S. The second kappa shape index (κ2) is 6.39. The number of primary sulfonamides is 1. The summed E-state index contributed by atoms with van der Waals surface area (Å²) >= 11 is 0. The molecule has 1 saturated carbocycles. The Kier molecular flexibility index (Phi) is 4.82. The van der Waals surface area contributed by atoms with Gasteiger partial charge in [0.05, 0.1) is 5.69 Å². The number of benzene rings is 1. The molecule has 1 aliphatic carbocycles. The second-order valence-electron chi connectivity index (χ2n) is 5.26. The van der Waals surface area contributed by atoms with Gasteiger partial charge in [-0.2, -0.15) is 0 Å². The van der Waals surface area contributed by atoms with Gasteiger partial charge in [0.25, 0.3) is 0 Å². The number of nitrogens with two attached hydrogens (primary N) is 1. The smallest absolute Gasteiger partial charge is 0.240 e. The van der Waals surface area contributed by atoms with Crippen LogP contribution in [-0.2, 0) is 10.0 Å². The Morgan fingerprint density at radius 1 is 1.21 bits per heavy atom. The summed E-state index contributed by atoms with van der Waals surface area (Å²) < 4.78 is 22.9. The molecule has 0 saturated heterocycles. The van der Waals surface area contributed by atoms with Crippen molar-refractivity contribution in [2.45, 2.75) is 43.4 Å². The maximum absolute atomic E-state index is 11.4. The van der Waals surface area contributed by atoms with Crippen LogP contribution in [0.25, 0.3) is 0 Å². The average molecular weight is 282 g/mol. The Balaban J connectivity index is 1.85. The van der Waals surface area contributed by atoms with E-state index in [0.717, 1.165) is 18.9 Å². The van der Waals surface area contributed by atoms with Crippen LogP contribution in [0.5, 0.6) is 0 Å². The monoisotopic (exact) mass is 282 g/mol. The van der Waals surface area contributed by atoms with E-state index < -0.39 is 10.0 Å². The van der Waals surface area contributed by atoms with E-state index >= 15 is 0 Å². The van der Waals surface area contributed by atoms with Crippen molar-refractivity contribution in [3.63, 3.8) is 0 Å². The molecule has 2 rings (SSSR count). The van der Waals surface area contributed by atoms with Crippen LogP contribution < -0.4 is 10.5 Å². The molecule has 0 atom stereocenters. The third-order valence-corrected chi connectivity index (χ3v) is 4.74. The molecule has 0 bridgehead atoms. The van der Waals surface area contributed by atoms with E-state index in [9.17, 15) is 8.42 Å². The Labute approximate surface area is 115 Å². The van der Waals surface area contributed by atoms with Crippen molar-refractivity contribution < 1.29 is 8.42 Å². The first-order valence-electron chi connectivity index (χ1n) is 6.93. The van der Waals surface area contributed by atoms with Crippen LogP contribution in [0, 0.1) is 5.92 Å². The maximum Gasteiger partial charge on any atom is 0.240 e. The van der Waals surface area contributed by atoms with Crippen molar-refractivity contribution >= 4 is 15.7 Å². The summed E-state index contributed by atoms with van der Waals surface area (Å²) in [5, 5.41) is 8.38. The molecule has 0 heterocycles. The largest absolute Gasteiger partial charge is 0.384 e. The topological polar surface area (TPSA) is 72.2 Å². The SMILES string of the molecule is NS(=O)(=O)c1ccccc1NCCCC1CCCC1. The van der Waals surface area contributed by atoms with Crippen molar-refractivity contribution in [1.29, 1.82) is 0 Å². The Morgan fingerprint density at radius 2 is 1.89 bits per heavy atom. The average Bonchev–Trinajstić information content (AvgIpc) is 2.87. The molecule has 5 heteroatoms. The minimum Gasteiger partial charge on any atom is -0.384 e. The van der Waals surface area contributed by atoms with Crippen LogP contribution in [0.4, 0.5) is 5.69 Å². The lowest BCUT2D eigenvalue weighted by molar-refractivity contribution is 0.491. The van der Waals surface area contributed by atoms with Crippen molar-refractivity contribution in [1.82, 2.24) is 0 Å². The second-order valence-corrected chi connectivity index (χ2v) is 6.79. The molecule has 0 spiro atoms. The minimum absolute atomic E-state index is 0.177. The van der Waals surface area contributed by atoms with E-state index in [1.54, 1.807) is 12.1 Å². The predicted octanol–water partition coefficient (Wildman–Crippen LogP) is 2.72. The third kappa shape index (κ3) is 4.21. The van der Waals surface area contributed by atoms with Crippen LogP contribution in [0.1, 0.15) is 38.5 Å². The first-order chi connectivity index (χ1) is 9.07. The number of nitrogens with one attached hydrogen (secondary N) is 1. The quantitative estimate of drug-likeness (QED) is 0.788. The van der Waals surface area contributed by atoms with Gasteiger partial charge in [-0.05, 0) is 30.9 Å². The highest BCUT2D eigenvalue weighted by atomic mass is 32.2. The van der Waals surface area contributed by atoms with Gasteiger partial charge >= 0.3 is 0 Å². The fourth-order valence-electron chi connectivity index (χ4n) is 2.77. The molecule has 0 unspecified atom stereocenters. The predicted molar refractivity (Wildman–Crippen MR) is 77.5 cm³/mol. The molecule has 1 aromatic rings. The highest BCUT2D eigenvalue weighted by Gasteiger charge is 2.15. The van der Waals surface area contributed by atoms with Crippen LogP contribution in [-0.4, -0.2) is 15.0 Å². The number of hydrogen-bond acceptors (Lipinski definition) is 3. The third-order valence-electron chi connectivity index (χ3n) is 3.77. The summed E-state index contributed by atoms with van der Waals surface area (Å²) in [6, 6.07) is 6.79. The zero-order valence-electron chi connectivity index (χ0n) is 11.1. The Morgan fingerprint density at radius 3 is 2.58 bits per heavy atom. The summed E-state index contributed by atoms with van der Waals surface area (Å²) in [6.45, 7) is 0.795. The van der Waals surface area contributed by atoms with E-state index in [1.807, 2.05) is 6.07 Å². The molecular weight excluding hydrogens is 260 g/mol. The van der Waals surface area contributed by atoms with Gasteiger partial charge in [-0.25, -0.2) is 13.6 Å². The summed E-state index contributed by atoms with van der Waals surface area (Å²) in [7, 11) is -3.65. The lowest BCUT2D eigenvalue weighted by Crippen LogP contribution is -2.15. The fraction of sp³-hybridized carbons (Fsp3) is 0.571. The van der Waals surface area contributed by atoms with Crippen LogP contribution in [0.3, 0.4) is 0 Å². The van der Waals surface area contributed by atoms with Gasteiger partial charge in [-0.1, -0.05) is 37.8 Å². The van der Waals surface area contributed by atoms with Gasteiger partial charge in [-0.3, -0.25) is 0 Å². The van der Waals surface area contributed by atoms with Crippen molar-refractivity contribution in [3.05, 3.63) is 24.3 Å². The van der Waals surface area contributed by atoms with Crippen molar-refractivity contribution in [2.24, 2.45) is 11.1 Å². The molecule has 0 radical (unpaired) electrons. The summed E-state index contributed by atoms with van der Waals surface area (Å²) in [4.78, 5) is 0.177. The van der Waals surface area contributed by atoms with E-state index in [-0.39, 0.29) is 4.90 Å². The summed E-state index contributed by atoms with van der Waals surface area (Å²) in [6.07, 6.45) is 7.74. The van der Waals surface area contributed by atoms with E-state index in [4.69, 9.17) is 5.14 Å². The lowest BCUT2D eigenvalue weighted by Gasteiger charge is -2.12. The molecule has 0 amide bonds. The van der Waals surface area contributed by atoms with Crippen molar-refractivity contribution in [2.75, 3.05) is 11.9 Å². The first kappa shape index (κ1) is 14.3. The number of para-hydroxylation sites is 1. The van der Waals surface area contributed by atoms with Gasteiger partial charge in [0.15, 0.2) is 0 Å². The number of rotatable bonds is 6. The number of anilines is 1. The standard InChI is InChI=1S/C14H22N2O2S/c15-19(17,18)14-10-4-3-9-13(14)16-11-5-8-12-6-1-2-7-12/h3-4,9-10,12,16H,1-2,5-8,11H2,(H2,15,17,18). The van der Waals surface area contributed by atoms with Crippen molar-refractivity contribution in [3.8, 4) is 0 Å². The first-order valence-corrected chi connectivity index (χ1v) is 8.48. The molecule has 3 N–H and O–H groups in total. The van der Waals surface area contributed by atoms with Gasteiger partial charge in [-0.15, -0.1) is 0 Å². The van der Waals surface area contributed by atoms with Gasteiger partial charge in [0, 0.05) is 6.54 Å². The van der Waals surface area contributed by atoms with Crippen LogP contribution in [0.15, 0.2) is 29.2 Å². The van der Waals surface area contributed by atoms with E-state index in [0.29, 0.717) is 5.69 Å². The fourth-order valence-corrected chi connectivity index (χ4v) is 3.49. The van der Waals surface area contributed by atoms with E-state index in [1.165, 1.54) is 38.2 Å². The van der Waals surface area contributed by atoms with Crippen LogP contribution in [0.2, 0.25) is 0 Å². The number of hydrogen-bond donors (Lipinski definition) is 2. The highest BCUT2D eigenvalue weighted by molar-refractivity contribution is 7.89. The summed E-state index contributed by atoms with van der Waals surface area (Å²) in [5.41, 5.74) is 0.608. The molecule has 1 aromatic carbocycles. The van der Waals surface area contributed by atoms with Crippen LogP contribution >= 0.6 is 0 Å². The number of sulfonamides is 1. The highest BCUT2D eigenvalue weighted by Crippen LogP contribution is 2.28. The van der Waals surface area contributed by atoms with Gasteiger partial charge in [0.2, 0.25) is 10.0 Å². The van der Waals surface area contributed by atoms with Gasteiger partial charge in [0.1, 0.15) is 4.90 Å².